The Bertz CT molecular complexity index is 978. The lowest BCUT2D eigenvalue weighted by molar-refractivity contribution is 0.174. The van der Waals surface area contributed by atoms with E-state index in [1.165, 1.54) is 5.56 Å². The van der Waals surface area contributed by atoms with E-state index in [2.05, 4.69) is 26.7 Å². The monoisotopic (exact) mass is 378 g/mol. The number of aromatic nitrogens is 2. The van der Waals surface area contributed by atoms with Crippen molar-refractivity contribution in [2.45, 2.75) is 13.3 Å². The Labute approximate surface area is 163 Å². The summed E-state index contributed by atoms with van der Waals surface area (Å²) in [5.74, 6) is 3.64. The van der Waals surface area contributed by atoms with E-state index in [-0.39, 0.29) is 6.79 Å². The number of fused-ring (bicyclic) bond motifs is 1. The van der Waals surface area contributed by atoms with E-state index in [1.807, 2.05) is 49.4 Å². The van der Waals surface area contributed by atoms with Gasteiger partial charge in [0.15, 0.2) is 11.5 Å². The van der Waals surface area contributed by atoms with Gasteiger partial charge in [-0.25, -0.2) is 4.98 Å². The molecule has 4 rings (SSSR count). The number of hydrogen-bond acceptors (Lipinski definition) is 7. The molecule has 0 amide bonds. The van der Waals surface area contributed by atoms with E-state index >= 15 is 0 Å². The molecule has 2 aromatic carbocycles. The summed E-state index contributed by atoms with van der Waals surface area (Å²) in [6.45, 7) is 2.95. The molecule has 0 unspecified atom stereocenters. The van der Waals surface area contributed by atoms with Gasteiger partial charge in [0, 0.05) is 30.1 Å². The fraction of sp³-hybridized carbons (Fsp3) is 0.238. The third-order valence-corrected chi connectivity index (χ3v) is 4.34. The van der Waals surface area contributed by atoms with Crippen molar-refractivity contribution >= 4 is 17.5 Å². The Balaban J connectivity index is 1.40. The van der Waals surface area contributed by atoms with Crippen LogP contribution >= 0.6 is 0 Å². The SMILES string of the molecule is COc1cccc(CCNc2cc(C)nc(Nc3ccc4c(c3)OCO4)n2)c1. The predicted octanol–water partition coefficient (Wildman–Crippen LogP) is 3.92. The van der Waals surface area contributed by atoms with Gasteiger partial charge in [-0.3, -0.25) is 0 Å². The Morgan fingerprint density at radius 3 is 2.82 bits per heavy atom. The number of benzene rings is 2. The molecule has 7 nitrogen and oxygen atoms in total. The first-order chi connectivity index (χ1) is 13.7. The maximum Gasteiger partial charge on any atom is 0.231 e. The first-order valence-corrected chi connectivity index (χ1v) is 9.09. The lowest BCUT2D eigenvalue weighted by Gasteiger charge is -2.11. The zero-order valence-corrected chi connectivity index (χ0v) is 15.9. The van der Waals surface area contributed by atoms with E-state index < -0.39 is 0 Å². The van der Waals surface area contributed by atoms with Crippen LogP contribution in [0.5, 0.6) is 17.2 Å². The van der Waals surface area contributed by atoms with Crippen LogP contribution in [0, 0.1) is 6.92 Å². The zero-order chi connectivity index (χ0) is 19.3. The molecule has 3 aromatic rings. The minimum Gasteiger partial charge on any atom is -0.497 e. The van der Waals surface area contributed by atoms with E-state index in [0.717, 1.165) is 41.7 Å². The fourth-order valence-corrected chi connectivity index (χ4v) is 2.98. The molecule has 1 aliphatic rings. The second-order valence-electron chi connectivity index (χ2n) is 6.44. The van der Waals surface area contributed by atoms with Crippen LogP contribution in [-0.2, 0) is 6.42 Å². The van der Waals surface area contributed by atoms with Crippen molar-refractivity contribution in [1.29, 1.82) is 0 Å². The fourth-order valence-electron chi connectivity index (χ4n) is 2.98. The van der Waals surface area contributed by atoms with Gasteiger partial charge in [-0.1, -0.05) is 12.1 Å². The highest BCUT2D eigenvalue weighted by Gasteiger charge is 2.13. The Hall–Kier alpha value is -3.48. The summed E-state index contributed by atoms with van der Waals surface area (Å²) in [7, 11) is 1.68. The molecule has 0 fully saturated rings. The lowest BCUT2D eigenvalue weighted by Crippen LogP contribution is -2.08. The van der Waals surface area contributed by atoms with Gasteiger partial charge in [-0.05, 0) is 43.2 Å². The Kier molecular flexibility index (Phi) is 5.14. The van der Waals surface area contributed by atoms with Crippen molar-refractivity contribution in [3.8, 4) is 17.2 Å². The number of hydrogen-bond donors (Lipinski definition) is 2. The number of anilines is 3. The molecule has 0 spiro atoms. The van der Waals surface area contributed by atoms with Gasteiger partial charge in [0.05, 0.1) is 7.11 Å². The van der Waals surface area contributed by atoms with Crippen molar-refractivity contribution in [2.75, 3.05) is 31.1 Å². The topological polar surface area (TPSA) is 77.5 Å². The molecule has 2 N–H and O–H groups in total. The predicted molar refractivity (Wildman–Crippen MR) is 108 cm³/mol. The second-order valence-corrected chi connectivity index (χ2v) is 6.44. The molecule has 0 saturated carbocycles. The molecule has 1 aliphatic heterocycles. The van der Waals surface area contributed by atoms with Gasteiger partial charge >= 0.3 is 0 Å². The largest absolute Gasteiger partial charge is 0.497 e. The van der Waals surface area contributed by atoms with Gasteiger partial charge < -0.3 is 24.8 Å². The maximum absolute atomic E-state index is 5.41. The molecule has 28 heavy (non-hydrogen) atoms. The summed E-state index contributed by atoms with van der Waals surface area (Å²) in [6.07, 6.45) is 0.866. The normalized spacial score (nSPS) is 11.9. The second kappa shape index (κ2) is 8.04. The van der Waals surface area contributed by atoms with Crippen molar-refractivity contribution < 1.29 is 14.2 Å². The van der Waals surface area contributed by atoms with Gasteiger partial charge in [0.25, 0.3) is 0 Å². The average Bonchev–Trinajstić information content (AvgIpc) is 3.15. The molecule has 0 atom stereocenters. The summed E-state index contributed by atoms with van der Waals surface area (Å²) >= 11 is 0. The van der Waals surface area contributed by atoms with Crippen molar-refractivity contribution in [3.05, 3.63) is 59.8 Å². The molecule has 0 aliphatic carbocycles. The number of aryl methyl sites for hydroxylation is 1. The van der Waals surface area contributed by atoms with Crippen LogP contribution in [0.4, 0.5) is 17.5 Å². The summed E-state index contributed by atoms with van der Waals surface area (Å²) in [6, 6.07) is 15.7. The number of ether oxygens (including phenoxy) is 3. The van der Waals surface area contributed by atoms with Crippen molar-refractivity contribution in [2.24, 2.45) is 0 Å². The molecular formula is C21H22N4O3. The average molecular weight is 378 g/mol. The Morgan fingerprint density at radius 1 is 1.04 bits per heavy atom. The summed E-state index contributed by atoms with van der Waals surface area (Å²) < 4.78 is 16.0. The number of nitrogens with one attached hydrogen (secondary N) is 2. The van der Waals surface area contributed by atoms with Crippen molar-refractivity contribution in [1.82, 2.24) is 9.97 Å². The first kappa shape index (κ1) is 17.9. The third kappa shape index (κ3) is 4.25. The van der Waals surface area contributed by atoms with Crippen LogP contribution in [0.25, 0.3) is 0 Å². The van der Waals surface area contributed by atoms with E-state index in [1.54, 1.807) is 7.11 Å². The van der Waals surface area contributed by atoms with Crippen molar-refractivity contribution in [3.63, 3.8) is 0 Å². The van der Waals surface area contributed by atoms with E-state index in [9.17, 15) is 0 Å². The summed E-state index contributed by atoms with van der Waals surface area (Å²) in [5.41, 5.74) is 2.93. The molecule has 0 saturated heterocycles. The van der Waals surface area contributed by atoms with Crippen LogP contribution in [0.1, 0.15) is 11.3 Å². The molecule has 0 bridgehead atoms. The third-order valence-electron chi connectivity index (χ3n) is 4.34. The minimum absolute atomic E-state index is 0.251. The zero-order valence-electron chi connectivity index (χ0n) is 15.9. The van der Waals surface area contributed by atoms with E-state index in [4.69, 9.17) is 14.2 Å². The summed E-state index contributed by atoms with van der Waals surface area (Å²) in [4.78, 5) is 9.02. The highest BCUT2D eigenvalue weighted by molar-refractivity contribution is 5.61. The molecule has 144 valence electrons. The molecule has 2 heterocycles. The quantitative estimate of drug-likeness (QED) is 0.645. The Morgan fingerprint density at radius 2 is 1.93 bits per heavy atom. The van der Waals surface area contributed by atoms with Crippen LogP contribution in [0.15, 0.2) is 48.5 Å². The summed E-state index contributed by atoms with van der Waals surface area (Å²) in [5, 5.41) is 6.59. The lowest BCUT2D eigenvalue weighted by atomic mass is 10.1. The van der Waals surface area contributed by atoms with Crippen LogP contribution in [0.2, 0.25) is 0 Å². The van der Waals surface area contributed by atoms with Crippen LogP contribution < -0.4 is 24.8 Å². The molecule has 0 radical (unpaired) electrons. The first-order valence-electron chi connectivity index (χ1n) is 9.09. The molecular weight excluding hydrogens is 356 g/mol. The minimum atomic E-state index is 0.251. The van der Waals surface area contributed by atoms with E-state index in [0.29, 0.717) is 11.7 Å². The maximum atomic E-state index is 5.41. The number of rotatable bonds is 7. The van der Waals surface area contributed by atoms with Crippen LogP contribution in [0.3, 0.4) is 0 Å². The standard InChI is InChI=1S/C21H22N4O3/c1-14-10-20(22-9-8-15-4-3-5-17(11-15)26-2)25-21(23-14)24-16-6-7-18-19(12-16)28-13-27-18/h3-7,10-12H,8-9,13H2,1-2H3,(H2,22,23,24,25). The highest BCUT2D eigenvalue weighted by Crippen LogP contribution is 2.34. The van der Waals surface area contributed by atoms with Gasteiger partial charge in [-0.15, -0.1) is 0 Å². The molecule has 1 aromatic heterocycles. The van der Waals surface area contributed by atoms with Gasteiger partial charge in [-0.2, -0.15) is 4.98 Å². The highest BCUT2D eigenvalue weighted by atomic mass is 16.7. The van der Waals surface area contributed by atoms with Gasteiger partial charge in [0.1, 0.15) is 11.6 Å². The van der Waals surface area contributed by atoms with Crippen LogP contribution in [-0.4, -0.2) is 30.4 Å². The molecule has 7 heteroatoms. The number of nitrogens with zero attached hydrogens (tertiary/aromatic N) is 2. The number of methoxy groups -OCH3 is 1. The van der Waals surface area contributed by atoms with Gasteiger partial charge in [0.2, 0.25) is 12.7 Å². The smallest absolute Gasteiger partial charge is 0.231 e.